The molecule has 0 saturated carbocycles. The lowest BCUT2D eigenvalue weighted by Gasteiger charge is -2.11. The third-order valence-corrected chi connectivity index (χ3v) is 2.51. The van der Waals surface area contributed by atoms with E-state index in [9.17, 15) is 13.2 Å². The molecule has 0 fully saturated rings. The van der Waals surface area contributed by atoms with Gasteiger partial charge in [0.2, 0.25) is 5.88 Å². The molecule has 1 aromatic heterocycles. The summed E-state index contributed by atoms with van der Waals surface area (Å²) in [6.45, 7) is 1.78. The molecule has 0 saturated heterocycles. The van der Waals surface area contributed by atoms with Crippen molar-refractivity contribution in [2.45, 2.75) is 13.1 Å². The number of nitrogens with two attached hydrogens (primary N) is 1. The summed E-state index contributed by atoms with van der Waals surface area (Å²) in [5, 5.41) is 4.06. The van der Waals surface area contributed by atoms with E-state index in [4.69, 9.17) is 10.5 Å². The number of ether oxygens (including phenoxy) is 1. The van der Waals surface area contributed by atoms with Crippen LogP contribution in [0, 0.1) is 6.92 Å². The average molecular weight is 271 g/mol. The first-order chi connectivity index (χ1) is 8.77. The minimum absolute atomic E-state index is 0.0753. The van der Waals surface area contributed by atoms with Gasteiger partial charge in [-0.15, -0.1) is 0 Å². The number of anilines is 1. The number of nitrogen functional groups attached to an aromatic ring is 1. The maximum Gasteiger partial charge on any atom is 0.416 e. The number of rotatable bonds is 2. The molecule has 1 aromatic carbocycles. The zero-order valence-electron chi connectivity index (χ0n) is 10.3. The molecule has 0 amide bonds. The molecule has 0 radical (unpaired) electrons. The first kappa shape index (κ1) is 13.3. The number of hydrogen-bond donors (Lipinski definition) is 1. The number of halogens is 3. The first-order valence-electron chi connectivity index (χ1n) is 5.42. The third kappa shape index (κ3) is 2.81. The van der Waals surface area contributed by atoms with Gasteiger partial charge in [0.1, 0.15) is 0 Å². The van der Waals surface area contributed by atoms with E-state index < -0.39 is 11.7 Å². The molecule has 2 aromatic rings. The van der Waals surface area contributed by atoms with Gasteiger partial charge in [0.15, 0.2) is 5.75 Å². The van der Waals surface area contributed by atoms with Crippen LogP contribution in [0.1, 0.15) is 11.3 Å². The molecule has 0 aliphatic rings. The van der Waals surface area contributed by atoms with Crippen molar-refractivity contribution in [2.24, 2.45) is 7.05 Å². The Morgan fingerprint density at radius 1 is 1.26 bits per heavy atom. The van der Waals surface area contributed by atoms with Crippen molar-refractivity contribution < 1.29 is 17.9 Å². The van der Waals surface area contributed by atoms with Crippen molar-refractivity contribution in [3.63, 3.8) is 0 Å². The maximum atomic E-state index is 12.5. The van der Waals surface area contributed by atoms with Crippen molar-refractivity contribution in [2.75, 3.05) is 5.73 Å². The van der Waals surface area contributed by atoms with Crippen molar-refractivity contribution >= 4 is 5.69 Å². The number of benzene rings is 1. The Labute approximate surface area is 107 Å². The summed E-state index contributed by atoms with van der Waals surface area (Å²) in [6, 6.07) is 4.63. The highest BCUT2D eigenvalue weighted by molar-refractivity contribution is 5.55. The SMILES string of the molecule is Cc1cc(Oc2ccc(C(F)(F)F)cc2N)n(C)n1. The second-order valence-corrected chi connectivity index (χ2v) is 4.10. The first-order valence-corrected chi connectivity index (χ1v) is 5.42. The van der Waals surface area contributed by atoms with Gasteiger partial charge in [0.05, 0.1) is 16.9 Å². The molecule has 1 heterocycles. The summed E-state index contributed by atoms with van der Waals surface area (Å²) < 4.78 is 44.4. The van der Waals surface area contributed by atoms with Crippen molar-refractivity contribution in [3.05, 3.63) is 35.5 Å². The highest BCUT2D eigenvalue weighted by Crippen LogP contribution is 2.35. The van der Waals surface area contributed by atoms with Crippen LogP contribution in [0.15, 0.2) is 24.3 Å². The molecule has 0 unspecified atom stereocenters. The molecule has 0 aliphatic carbocycles. The van der Waals surface area contributed by atoms with Gasteiger partial charge in [-0.3, -0.25) is 0 Å². The minimum atomic E-state index is -4.42. The second-order valence-electron chi connectivity index (χ2n) is 4.10. The van der Waals surface area contributed by atoms with E-state index in [1.807, 2.05) is 0 Å². The molecule has 7 heteroatoms. The summed E-state index contributed by atoms with van der Waals surface area (Å²) in [5.74, 6) is 0.569. The van der Waals surface area contributed by atoms with Crippen LogP contribution in [0.5, 0.6) is 11.6 Å². The number of alkyl halides is 3. The van der Waals surface area contributed by atoms with Crippen molar-refractivity contribution in [3.8, 4) is 11.6 Å². The van der Waals surface area contributed by atoms with Gasteiger partial charge in [0.25, 0.3) is 0 Å². The molecule has 2 N–H and O–H groups in total. The van der Waals surface area contributed by atoms with Gasteiger partial charge < -0.3 is 10.5 Å². The molecule has 102 valence electrons. The van der Waals surface area contributed by atoms with E-state index in [1.54, 1.807) is 20.0 Å². The van der Waals surface area contributed by atoms with Gasteiger partial charge in [-0.05, 0) is 25.1 Å². The van der Waals surface area contributed by atoms with Gasteiger partial charge in [-0.2, -0.15) is 18.3 Å². The summed E-state index contributed by atoms with van der Waals surface area (Å²) in [5.41, 5.74) is 5.42. The fraction of sp³-hybridized carbons (Fsp3) is 0.250. The smallest absolute Gasteiger partial charge is 0.416 e. The summed E-state index contributed by atoms with van der Waals surface area (Å²) >= 11 is 0. The van der Waals surface area contributed by atoms with E-state index in [0.717, 1.165) is 17.8 Å². The quantitative estimate of drug-likeness (QED) is 0.854. The number of hydrogen-bond acceptors (Lipinski definition) is 3. The lowest BCUT2D eigenvalue weighted by atomic mass is 10.2. The van der Waals surface area contributed by atoms with Crippen LogP contribution in [0.25, 0.3) is 0 Å². The van der Waals surface area contributed by atoms with Crippen LogP contribution >= 0.6 is 0 Å². The number of nitrogens with zero attached hydrogens (tertiary/aromatic N) is 2. The van der Waals surface area contributed by atoms with Gasteiger partial charge in [-0.25, -0.2) is 4.68 Å². The van der Waals surface area contributed by atoms with E-state index in [-0.39, 0.29) is 11.4 Å². The highest BCUT2D eigenvalue weighted by atomic mass is 19.4. The zero-order chi connectivity index (χ0) is 14.2. The summed E-state index contributed by atoms with van der Waals surface area (Å²) in [6.07, 6.45) is -4.42. The monoisotopic (exact) mass is 271 g/mol. The zero-order valence-corrected chi connectivity index (χ0v) is 10.3. The van der Waals surface area contributed by atoms with Gasteiger partial charge in [0, 0.05) is 13.1 Å². The molecule has 0 atom stereocenters. The topological polar surface area (TPSA) is 53.1 Å². The number of aryl methyl sites for hydroxylation is 2. The van der Waals surface area contributed by atoms with E-state index in [1.165, 1.54) is 10.7 Å². The molecule has 19 heavy (non-hydrogen) atoms. The van der Waals surface area contributed by atoms with Crippen LogP contribution < -0.4 is 10.5 Å². The normalized spacial score (nSPS) is 11.6. The molecule has 0 spiro atoms. The van der Waals surface area contributed by atoms with E-state index in [2.05, 4.69) is 5.10 Å². The standard InChI is InChI=1S/C12H12F3N3O/c1-7-5-11(18(2)17-7)19-10-4-3-8(6-9(10)16)12(13,14)15/h3-6H,16H2,1-2H3. The fourth-order valence-corrected chi connectivity index (χ4v) is 1.61. The lowest BCUT2D eigenvalue weighted by molar-refractivity contribution is -0.137. The summed E-state index contributed by atoms with van der Waals surface area (Å²) in [7, 11) is 1.67. The fourth-order valence-electron chi connectivity index (χ4n) is 1.61. The van der Waals surface area contributed by atoms with Crippen LogP contribution in [0.4, 0.5) is 18.9 Å². The lowest BCUT2D eigenvalue weighted by Crippen LogP contribution is -2.06. The summed E-state index contributed by atoms with van der Waals surface area (Å²) in [4.78, 5) is 0. The Hall–Kier alpha value is -2.18. The second kappa shape index (κ2) is 4.49. The molecule has 0 bridgehead atoms. The Morgan fingerprint density at radius 3 is 2.42 bits per heavy atom. The van der Waals surface area contributed by atoms with Crippen LogP contribution in [0.3, 0.4) is 0 Å². The van der Waals surface area contributed by atoms with Crippen LogP contribution in [-0.2, 0) is 13.2 Å². The van der Waals surface area contributed by atoms with Gasteiger partial charge >= 0.3 is 6.18 Å². The molecule has 4 nitrogen and oxygen atoms in total. The predicted octanol–water partition coefficient (Wildman–Crippen LogP) is 3.12. The Kier molecular flexibility index (Phi) is 3.13. The molecular formula is C12H12F3N3O. The Morgan fingerprint density at radius 2 is 1.95 bits per heavy atom. The van der Waals surface area contributed by atoms with E-state index in [0.29, 0.717) is 5.88 Å². The average Bonchev–Trinajstić information content (AvgIpc) is 2.59. The minimum Gasteiger partial charge on any atom is -0.437 e. The van der Waals surface area contributed by atoms with Gasteiger partial charge in [-0.1, -0.05) is 0 Å². The maximum absolute atomic E-state index is 12.5. The van der Waals surface area contributed by atoms with Crippen LogP contribution in [-0.4, -0.2) is 9.78 Å². The largest absolute Gasteiger partial charge is 0.437 e. The van der Waals surface area contributed by atoms with Crippen LogP contribution in [0.2, 0.25) is 0 Å². The van der Waals surface area contributed by atoms with Crippen molar-refractivity contribution in [1.29, 1.82) is 0 Å². The third-order valence-electron chi connectivity index (χ3n) is 2.51. The molecule has 2 rings (SSSR count). The number of aromatic nitrogens is 2. The molecule has 0 aliphatic heterocycles. The Balaban J connectivity index is 2.30. The highest BCUT2D eigenvalue weighted by Gasteiger charge is 2.31. The predicted molar refractivity (Wildman–Crippen MR) is 63.9 cm³/mol. The molecular weight excluding hydrogens is 259 g/mol. The van der Waals surface area contributed by atoms with E-state index >= 15 is 0 Å². The van der Waals surface area contributed by atoms with Crippen molar-refractivity contribution in [1.82, 2.24) is 9.78 Å². The Bertz CT molecular complexity index is 605.